The number of rotatable bonds is 13. The number of hydrogen-bond acceptors (Lipinski definition) is 18. The highest BCUT2D eigenvalue weighted by atomic mass is 33.1. The molecule has 3 saturated heterocycles. The maximum absolute atomic E-state index is 15.1. The van der Waals surface area contributed by atoms with Crippen LogP contribution in [-0.4, -0.2) is 208 Å². The van der Waals surface area contributed by atoms with Crippen molar-refractivity contribution < 1.29 is 67.7 Å². The smallest absolute Gasteiger partial charge is 0.245 e. The molecule has 14 atom stereocenters. The maximum atomic E-state index is 15.1. The van der Waals surface area contributed by atoms with Crippen LogP contribution in [0.4, 0.5) is 0 Å². The van der Waals surface area contributed by atoms with Gasteiger partial charge in [-0.2, -0.15) is 0 Å². The zero-order valence-corrected chi connectivity index (χ0v) is 57.8. The van der Waals surface area contributed by atoms with E-state index in [0.717, 1.165) is 21.6 Å². The summed E-state index contributed by atoms with van der Waals surface area (Å²) in [6.07, 6.45) is 3.42. The van der Waals surface area contributed by atoms with E-state index >= 15 is 4.79 Å². The van der Waals surface area contributed by atoms with Crippen LogP contribution in [0.1, 0.15) is 166 Å². The van der Waals surface area contributed by atoms with Crippen LogP contribution in [0.3, 0.4) is 0 Å². The molecular formula is C61H108N16O14S2. The minimum absolute atomic E-state index is 0.00582. The Bertz CT molecular complexity index is 2590. The van der Waals surface area contributed by atoms with E-state index in [0.29, 0.717) is 57.8 Å². The third kappa shape index (κ3) is 26.3. The Morgan fingerprint density at radius 3 is 1.63 bits per heavy atom. The van der Waals surface area contributed by atoms with E-state index in [1.165, 1.54) is 4.90 Å². The highest BCUT2D eigenvalue weighted by molar-refractivity contribution is 8.77. The molecular weight excluding hydrogens is 1240 g/mol. The molecule has 0 aliphatic carbocycles. The van der Waals surface area contributed by atoms with Crippen molar-refractivity contribution in [3.8, 4) is 0 Å². The molecule has 3 aliphatic rings. The Hall–Kier alpha value is -6.51. The van der Waals surface area contributed by atoms with Crippen molar-refractivity contribution in [3.63, 3.8) is 0 Å². The van der Waals surface area contributed by atoms with Crippen LogP contribution in [-0.2, 0) is 57.5 Å². The second-order valence-corrected chi connectivity index (χ2v) is 29.3. The zero-order valence-electron chi connectivity index (χ0n) is 56.2. The van der Waals surface area contributed by atoms with Gasteiger partial charge in [-0.3, -0.25) is 62.5 Å². The predicted octanol–water partition coefficient (Wildman–Crippen LogP) is -1.96. The molecule has 3 fully saturated rings. The van der Waals surface area contributed by atoms with Gasteiger partial charge in [0.1, 0.15) is 60.4 Å². The third-order valence-electron chi connectivity index (χ3n) is 17.0. The van der Waals surface area contributed by atoms with Crippen molar-refractivity contribution >= 4 is 98.4 Å². The Morgan fingerprint density at radius 1 is 0.581 bits per heavy atom. The van der Waals surface area contributed by atoms with Crippen molar-refractivity contribution in [2.24, 2.45) is 45.4 Å². The van der Waals surface area contributed by atoms with Crippen LogP contribution < -0.4 is 75.7 Å². The molecule has 528 valence electrons. The van der Waals surface area contributed by atoms with Gasteiger partial charge in [-0.25, -0.2) is 0 Å². The van der Waals surface area contributed by atoms with Crippen LogP contribution in [0.5, 0.6) is 0 Å². The van der Waals surface area contributed by atoms with Gasteiger partial charge in [0.05, 0.1) is 19.3 Å². The largest absolute Gasteiger partial charge is 0.394 e. The standard InChI is InChI=1S/C61H108N16O14S2/c1-12-33(4)44-55(88)66-26-17-15-21-36(62)48(81)73-45(34(5)13-2)56(89)72-41-32-92-93-61(10,11)47(58(91)75-44)76-57(90)46(35(6)14-3)74-54(87)42-23-20-28-77(42)43(80)24-16-18-25-65-49(82)38(29-60(7,8)9)69-52(85)40(31-79)70-50(83)37(22-19-27-67-59(63)64)68-51(84)39(30-78)71-53(41)86/h33-42,44-47,78-79H,12-32,62H2,1-11H3,(H,65,82)(H,66,88)(H,68,84)(H,69,85)(H,70,83)(H,71,86)(H,72,89)(H,73,81)(H,74,87)(H,75,91)(H,76,90)(H4,63,64,67)/t33-,34-,35-,36+,37-,38-,39-,40-,41-,42-,44-,45-,46+,47+/m0/s1. The summed E-state index contributed by atoms with van der Waals surface area (Å²) in [7, 11) is 1.96. The van der Waals surface area contributed by atoms with Crippen LogP contribution in [0.15, 0.2) is 4.99 Å². The number of aliphatic hydroxyl groups excluding tert-OH is 2. The number of fused-ring (bicyclic) bond motifs is 6. The number of aliphatic imine (C=N–C) groups is 1. The lowest BCUT2D eigenvalue weighted by molar-refractivity contribution is -0.140. The predicted molar refractivity (Wildman–Crippen MR) is 354 cm³/mol. The average Bonchev–Trinajstić information content (AvgIpc) is 1.59. The van der Waals surface area contributed by atoms with Gasteiger partial charge in [0, 0.05) is 43.1 Å². The van der Waals surface area contributed by atoms with Gasteiger partial charge in [-0.05, 0) is 101 Å². The molecule has 30 nitrogen and oxygen atoms in total. The zero-order chi connectivity index (χ0) is 69.9. The molecule has 3 rings (SSSR count). The molecule has 2 bridgehead atoms. The second kappa shape index (κ2) is 39.4. The Balaban J connectivity index is 2.29. The number of carbonyl (C=O) groups excluding carboxylic acids is 12. The summed E-state index contributed by atoms with van der Waals surface area (Å²) in [4.78, 5) is 177. The average molecular weight is 1350 g/mol. The lowest BCUT2D eigenvalue weighted by atomic mass is 9.87. The van der Waals surface area contributed by atoms with Crippen molar-refractivity contribution in [3.05, 3.63) is 0 Å². The normalized spacial score (nSPS) is 28.8. The van der Waals surface area contributed by atoms with Crippen molar-refractivity contribution in [1.29, 1.82) is 0 Å². The molecule has 0 saturated carbocycles. The fourth-order valence-corrected chi connectivity index (χ4v) is 13.4. The Morgan fingerprint density at radius 2 is 1.08 bits per heavy atom. The lowest BCUT2D eigenvalue weighted by Crippen LogP contribution is -2.64. The minimum atomic E-state index is -1.83. The van der Waals surface area contributed by atoms with Crippen LogP contribution in [0.25, 0.3) is 0 Å². The monoisotopic (exact) mass is 1350 g/mol. The molecule has 0 aromatic rings. The van der Waals surface area contributed by atoms with E-state index in [-0.39, 0.29) is 75.9 Å². The summed E-state index contributed by atoms with van der Waals surface area (Å²) in [6.45, 7) is 17.8. The summed E-state index contributed by atoms with van der Waals surface area (Å²) >= 11 is 0. The number of nitrogens with zero attached hydrogens (tertiary/aromatic N) is 2. The van der Waals surface area contributed by atoms with Gasteiger partial charge < -0.3 is 90.8 Å². The van der Waals surface area contributed by atoms with Gasteiger partial charge in [-0.15, -0.1) is 0 Å². The Kier molecular flexibility index (Phi) is 34.2. The number of nitrogens with one attached hydrogen (secondary N) is 11. The number of aliphatic hydroxyl groups is 2. The number of nitrogens with two attached hydrogens (primary N) is 3. The van der Waals surface area contributed by atoms with Crippen LogP contribution >= 0.6 is 21.6 Å². The van der Waals surface area contributed by atoms with Gasteiger partial charge in [0.25, 0.3) is 0 Å². The Labute approximate surface area is 555 Å². The molecule has 32 heteroatoms. The molecule has 0 radical (unpaired) electrons. The summed E-state index contributed by atoms with van der Waals surface area (Å²) in [6, 6.07) is -15.0. The van der Waals surface area contributed by atoms with Gasteiger partial charge in [-0.1, -0.05) is 103 Å². The van der Waals surface area contributed by atoms with E-state index in [1.54, 1.807) is 41.5 Å². The van der Waals surface area contributed by atoms with Crippen molar-refractivity contribution in [2.45, 2.75) is 237 Å². The minimum Gasteiger partial charge on any atom is -0.394 e. The number of carbonyl (C=O) groups is 12. The topological polar surface area (TPSA) is 471 Å². The number of amides is 12. The summed E-state index contributed by atoms with van der Waals surface area (Å²) in [5, 5.41) is 51.1. The first-order valence-corrected chi connectivity index (χ1v) is 35.0. The molecule has 12 amide bonds. The molecule has 3 heterocycles. The molecule has 19 N–H and O–H groups in total. The number of hydrogen-bond donors (Lipinski definition) is 16. The van der Waals surface area contributed by atoms with Crippen LogP contribution in [0.2, 0.25) is 0 Å². The molecule has 93 heavy (non-hydrogen) atoms. The third-order valence-corrected chi connectivity index (χ3v) is 20.3. The second-order valence-electron chi connectivity index (χ2n) is 26.3. The van der Waals surface area contributed by atoms with E-state index in [9.17, 15) is 63.0 Å². The first kappa shape index (κ1) is 80.7. The fourth-order valence-electron chi connectivity index (χ4n) is 10.6. The fraction of sp³-hybridized carbons (Fsp3) is 0.787. The highest BCUT2D eigenvalue weighted by Gasteiger charge is 2.44. The first-order chi connectivity index (χ1) is 43.7. The van der Waals surface area contributed by atoms with E-state index < -0.39 is 173 Å². The first-order valence-electron chi connectivity index (χ1n) is 32.7. The molecule has 0 unspecified atom stereocenters. The molecule has 3 aliphatic heterocycles. The van der Waals surface area contributed by atoms with Gasteiger partial charge in [0.2, 0.25) is 70.9 Å². The van der Waals surface area contributed by atoms with Crippen molar-refractivity contribution in [1.82, 2.24) is 63.4 Å². The lowest BCUT2D eigenvalue weighted by Gasteiger charge is -2.36. The summed E-state index contributed by atoms with van der Waals surface area (Å²) < 4.78 is -1.39. The quantitative estimate of drug-likeness (QED) is 0.0412. The maximum Gasteiger partial charge on any atom is 0.245 e. The SMILES string of the molecule is CC[C@H](C)[C@@H]1NC(=O)[C@H](N)CCCCNC(=O)[C@H]([C@@H](C)CC)NC(=O)[C@H]2NC(=O)[C@@H]([C@@H](C)CC)NC(=O)[C@@H]3CCCN3C(=O)CCCCNC(=O)[C@H](CC(C)(C)C)NC(=O)[C@H](CO)NC(=O)[C@H](CCCN=C(N)N)NC(=O)[C@H](CO)NC(=O)[C@H](CSSC2(C)C)NC1=O. The van der Waals surface area contributed by atoms with E-state index in [4.69, 9.17) is 17.2 Å². The molecule has 0 aromatic heterocycles. The molecule has 0 spiro atoms. The van der Waals surface area contributed by atoms with Gasteiger partial charge in [0.15, 0.2) is 5.96 Å². The van der Waals surface area contributed by atoms with Gasteiger partial charge >= 0.3 is 0 Å². The van der Waals surface area contributed by atoms with Crippen LogP contribution in [0, 0.1) is 23.2 Å². The summed E-state index contributed by atoms with van der Waals surface area (Å²) in [5.74, 6) is -11.3. The number of guanidine groups is 1. The van der Waals surface area contributed by atoms with Crippen molar-refractivity contribution in [2.75, 3.05) is 45.1 Å². The van der Waals surface area contributed by atoms with E-state index in [1.807, 2.05) is 34.6 Å². The van der Waals surface area contributed by atoms with E-state index in [2.05, 4.69) is 63.5 Å². The molecule has 0 aromatic carbocycles. The highest BCUT2D eigenvalue weighted by Crippen LogP contribution is 2.39. The summed E-state index contributed by atoms with van der Waals surface area (Å²) in [5.41, 5.74) is 16.9.